The van der Waals surface area contributed by atoms with Crippen molar-refractivity contribution >= 4 is 0 Å². The zero-order chi connectivity index (χ0) is 13.8. The van der Waals surface area contributed by atoms with E-state index in [-0.39, 0.29) is 12.6 Å². The first kappa shape index (κ1) is 15.8. The van der Waals surface area contributed by atoms with Crippen molar-refractivity contribution in [3.05, 3.63) is 0 Å². The fraction of sp³-hybridized carbons (Fsp3) is 1.00. The summed E-state index contributed by atoms with van der Waals surface area (Å²) in [7, 11) is 0. The molecule has 4 atom stereocenters. The highest BCUT2D eigenvalue weighted by atomic mass is 19.4. The van der Waals surface area contributed by atoms with Crippen molar-refractivity contribution in [1.82, 2.24) is 0 Å². The van der Waals surface area contributed by atoms with Crippen molar-refractivity contribution in [1.29, 1.82) is 0 Å². The fourth-order valence-corrected chi connectivity index (χ4v) is 2.62. The van der Waals surface area contributed by atoms with Crippen LogP contribution in [-0.4, -0.2) is 25.4 Å². The molecule has 0 saturated heterocycles. The number of halogens is 3. The lowest BCUT2D eigenvalue weighted by Gasteiger charge is -2.35. The van der Waals surface area contributed by atoms with E-state index < -0.39 is 12.8 Å². The maximum atomic E-state index is 11.9. The highest BCUT2D eigenvalue weighted by Gasteiger charge is 2.29. The molecule has 2 N–H and O–H groups in total. The molecule has 0 amide bonds. The van der Waals surface area contributed by atoms with Crippen molar-refractivity contribution in [2.75, 3.05) is 13.2 Å². The zero-order valence-corrected chi connectivity index (χ0v) is 11.2. The van der Waals surface area contributed by atoms with Gasteiger partial charge in [0.25, 0.3) is 0 Å². The van der Waals surface area contributed by atoms with Crippen LogP contribution in [-0.2, 0) is 4.74 Å². The molecule has 108 valence electrons. The Bertz CT molecular complexity index is 245. The monoisotopic (exact) mass is 267 g/mol. The fourth-order valence-electron chi connectivity index (χ4n) is 2.62. The minimum atomic E-state index is -4.24. The zero-order valence-electron chi connectivity index (χ0n) is 11.2. The molecule has 0 aromatic carbocycles. The highest BCUT2D eigenvalue weighted by Crippen LogP contribution is 2.35. The van der Waals surface area contributed by atoms with Crippen LogP contribution in [0.3, 0.4) is 0 Å². The summed E-state index contributed by atoms with van der Waals surface area (Å²) in [5.74, 6) is 1.83. The summed E-state index contributed by atoms with van der Waals surface area (Å²) in [6.07, 6.45) is -0.378. The molecule has 1 rings (SSSR count). The Labute approximate surface area is 107 Å². The van der Waals surface area contributed by atoms with Crippen LogP contribution >= 0.6 is 0 Å². The van der Waals surface area contributed by atoms with Crippen molar-refractivity contribution in [2.24, 2.45) is 23.5 Å². The van der Waals surface area contributed by atoms with E-state index in [9.17, 15) is 13.2 Å². The molecule has 1 saturated carbocycles. The molecular weight excluding hydrogens is 243 g/mol. The lowest BCUT2D eigenvalue weighted by Crippen LogP contribution is -2.36. The van der Waals surface area contributed by atoms with E-state index >= 15 is 0 Å². The highest BCUT2D eigenvalue weighted by molar-refractivity contribution is 4.81. The van der Waals surface area contributed by atoms with Crippen LogP contribution < -0.4 is 5.73 Å². The minimum absolute atomic E-state index is 0.0341. The molecule has 0 radical (unpaired) electrons. The van der Waals surface area contributed by atoms with Crippen LogP contribution in [0.15, 0.2) is 0 Å². The van der Waals surface area contributed by atoms with E-state index in [0.717, 1.165) is 18.8 Å². The quantitative estimate of drug-likeness (QED) is 0.775. The van der Waals surface area contributed by atoms with E-state index in [2.05, 4.69) is 18.6 Å². The van der Waals surface area contributed by atoms with Gasteiger partial charge >= 0.3 is 6.18 Å². The van der Waals surface area contributed by atoms with Gasteiger partial charge in [-0.15, -0.1) is 0 Å². The average molecular weight is 267 g/mol. The molecule has 18 heavy (non-hydrogen) atoms. The SMILES string of the molecule is CC1CCC(C(N)CCOCC(F)(F)F)CC1C. The molecule has 1 aliphatic rings. The van der Waals surface area contributed by atoms with Gasteiger partial charge in [0.15, 0.2) is 0 Å². The average Bonchev–Trinajstić information content (AvgIpc) is 2.26. The predicted molar refractivity (Wildman–Crippen MR) is 65.1 cm³/mol. The first-order valence-corrected chi connectivity index (χ1v) is 6.69. The molecule has 0 aromatic rings. The molecule has 1 fully saturated rings. The van der Waals surface area contributed by atoms with Gasteiger partial charge in [-0.1, -0.05) is 20.3 Å². The molecule has 0 aromatic heterocycles. The standard InChI is InChI=1S/C13H24F3NO/c1-9-3-4-11(7-10(9)2)12(17)5-6-18-8-13(14,15)16/h9-12H,3-8,17H2,1-2H3. The second-order valence-corrected chi connectivity index (χ2v) is 5.65. The number of hydrogen-bond acceptors (Lipinski definition) is 2. The second-order valence-electron chi connectivity index (χ2n) is 5.65. The Kier molecular flexibility index (Phi) is 5.92. The molecule has 5 heteroatoms. The van der Waals surface area contributed by atoms with Gasteiger partial charge in [-0.2, -0.15) is 13.2 Å². The molecule has 0 aliphatic heterocycles. The normalized spacial score (nSPS) is 31.3. The minimum Gasteiger partial charge on any atom is -0.372 e. The molecule has 0 spiro atoms. The lowest BCUT2D eigenvalue weighted by molar-refractivity contribution is -0.174. The predicted octanol–water partition coefficient (Wildman–Crippen LogP) is 3.36. The molecule has 2 nitrogen and oxygen atoms in total. The van der Waals surface area contributed by atoms with E-state index in [1.165, 1.54) is 6.42 Å². The van der Waals surface area contributed by atoms with Gasteiger partial charge in [0.1, 0.15) is 6.61 Å². The van der Waals surface area contributed by atoms with Gasteiger partial charge in [-0.3, -0.25) is 0 Å². The Hall–Kier alpha value is -0.290. The lowest BCUT2D eigenvalue weighted by atomic mass is 9.73. The number of ether oxygens (including phenoxy) is 1. The van der Waals surface area contributed by atoms with E-state index in [1.54, 1.807) is 0 Å². The van der Waals surface area contributed by atoms with E-state index in [0.29, 0.717) is 18.3 Å². The van der Waals surface area contributed by atoms with Crippen molar-refractivity contribution in [3.63, 3.8) is 0 Å². The van der Waals surface area contributed by atoms with Gasteiger partial charge < -0.3 is 10.5 Å². The third-order valence-electron chi connectivity index (χ3n) is 4.11. The summed E-state index contributed by atoms with van der Waals surface area (Å²) in [6.45, 7) is 3.40. The first-order chi connectivity index (χ1) is 8.29. The summed E-state index contributed by atoms with van der Waals surface area (Å²) in [5, 5.41) is 0. The van der Waals surface area contributed by atoms with Crippen LogP contribution in [0.25, 0.3) is 0 Å². The Balaban J connectivity index is 2.19. The molecule has 0 bridgehead atoms. The van der Waals surface area contributed by atoms with E-state index in [4.69, 9.17) is 5.73 Å². The number of nitrogens with two attached hydrogens (primary N) is 1. The summed E-state index contributed by atoms with van der Waals surface area (Å²) >= 11 is 0. The molecule has 4 unspecified atom stereocenters. The smallest absolute Gasteiger partial charge is 0.372 e. The second kappa shape index (κ2) is 6.75. The van der Waals surface area contributed by atoms with Crippen molar-refractivity contribution in [3.8, 4) is 0 Å². The van der Waals surface area contributed by atoms with Gasteiger partial charge in [-0.05, 0) is 37.0 Å². The Morgan fingerprint density at radius 2 is 1.89 bits per heavy atom. The third-order valence-corrected chi connectivity index (χ3v) is 4.11. The number of alkyl halides is 3. The summed E-state index contributed by atoms with van der Waals surface area (Å²) < 4.78 is 40.2. The molecule has 1 aliphatic carbocycles. The number of hydrogen-bond donors (Lipinski definition) is 1. The number of rotatable bonds is 5. The van der Waals surface area contributed by atoms with Gasteiger partial charge in [0.2, 0.25) is 0 Å². The summed E-state index contributed by atoms with van der Waals surface area (Å²) in [5.41, 5.74) is 6.04. The van der Waals surface area contributed by atoms with E-state index in [1.807, 2.05) is 0 Å². The largest absolute Gasteiger partial charge is 0.411 e. The van der Waals surface area contributed by atoms with Crippen molar-refractivity contribution in [2.45, 2.75) is 51.7 Å². The molecule has 0 heterocycles. The van der Waals surface area contributed by atoms with Crippen LogP contribution in [0, 0.1) is 17.8 Å². The van der Waals surface area contributed by atoms with Crippen LogP contribution in [0.4, 0.5) is 13.2 Å². The maximum Gasteiger partial charge on any atom is 0.411 e. The topological polar surface area (TPSA) is 35.2 Å². The summed E-state index contributed by atoms with van der Waals surface area (Å²) in [4.78, 5) is 0. The van der Waals surface area contributed by atoms with Crippen LogP contribution in [0.2, 0.25) is 0 Å². The maximum absolute atomic E-state index is 11.9. The first-order valence-electron chi connectivity index (χ1n) is 6.69. The Morgan fingerprint density at radius 3 is 2.44 bits per heavy atom. The van der Waals surface area contributed by atoms with Gasteiger partial charge in [0, 0.05) is 12.6 Å². The van der Waals surface area contributed by atoms with Crippen LogP contribution in [0.5, 0.6) is 0 Å². The molecular formula is C13H24F3NO. The van der Waals surface area contributed by atoms with Gasteiger partial charge in [-0.25, -0.2) is 0 Å². The summed E-state index contributed by atoms with van der Waals surface area (Å²) in [6, 6.07) is -0.0341. The van der Waals surface area contributed by atoms with Crippen LogP contribution in [0.1, 0.15) is 39.5 Å². The Morgan fingerprint density at radius 1 is 1.22 bits per heavy atom. The van der Waals surface area contributed by atoms with Gasteiger partial charge in [0.05, 0.1) is 0 Å². The third kappa shape index (κ3) is 5.57. The van der Waals surface area contributed by atoms with Crippen molar-refractivity contribution < 1.29 is 17.9 Å².